The smallest absolute Gasteiger partial charge is 0.175 e. The van der Waals surface area contributed by atoms with Crippen LogP contribution in [0.1, 0.15) is 11.1 Å². The minimum Gasteiger partial charge on any atom is -0.332 e. The zero-order chi connectivity index (χ0) is 13.8. The van der Waals surface area contributed by atoms with Crippen molar-refractivity contribution in [1.82, 2.24) is 0 Å². The lowest BCUT2D eigenvalue weighted by Gasteiger charge is -2.14. The summed E-state index contributed by atoms with van der Waals surface area (Å²) in [4.78, 5) is 0. The second-order valence-electron chi connectivity index (χ2n) is 4.35. The lowest BCUT2D eigenvalue weighted by molar-refractivity contribution is 1.43. The maximum absolute atomic E-state index is 5.34. The van der Waals surface area contributed by atoms with Crippen molar-refractivity contribution in [1.29, 1.82) is 0 Å². The molecule has 0 radical (unpaired) electrons. The normalized spacial score (nSPS) is 10.1. The maximum atomic E-state index is 5.34. The van der Waals surface area contributed by atoms with Crippen LogP contribution in [-0.2, 0) is 0 Å². The second-order valence-corrected chi connectivity index (χ2v) is 5.68. The van der Waals surface area contributed by atoms with Crippen LogP contribution in [0.4, 0.5) is 11.4 Å². The molecule has 0 aliphatic carbocycles. The Labute approximate surface area is 127 Å². The van der Waals surface area contributed by atoms with Crippen molar-refractivity contribution in [3.63, 3.8) is 0 Å². The molecule has 0 saturated carbocycles. The summed E-state index contributed by atoms with van der Waals surface area (Å²) in [5, 5.41) is 7.02. The monoisotopic (exact) mass is 334 g/mol. The molecule has 0 aromatic heterocycles. The number of hydrogen-bond donors (Lipinski definition) is 2. The van der Waals surface area contributed by atoms with Gasteiger partial charge in [-0.2, -0.15) is 0 Å². The third kappa shape index (κ3) is 3.78. The molecule has 0 unspecified atom stereocenters. The fourth-order valence-corrected chi connectivity index (χ4v) is 2.45. The zero-order valence-electron chi connectivity index (χ0n) is 10.8. The lowest BCUT2D eigenvalue weighted by Crippen LogP contribution is -2.20. The Morgan fingerprint density at radius 3 is 2.21 bits per heavy atom. The Morgan fingerprint density at radius 2 is 1.58 bits per heavy atom. The Kier molecular flexibility index (Phi) is 4.56. The van der Waals surface area contributed by atoms with Gasteiger partial charge in [0.2, 0.25) is 0 Å². The van der Waals surface area contributed by atoms with Crippen LogP contribution >= 0.6 is 28.1 Å². The number of para-hydroxylation sites is 1. The number of anilines is 2. The van der Waals surface area contributed by atoms with Crippen LogP contribution in [0.3, 0.4) is 0 Å². The number of thiocarbonyl (C=S) groups is 1. The molecule has 2 N–H and O–H groups in total. The summed E-state index contributed by atoms with van der Waals surface area (Å²) >= 11 is 8.79. The number of nitrogens with one attached hydrogen (secondary N) is 2. The van der Waals surface area contributed by atoms with E-state index >= 15 is 0 Å². The largest absolute Gasteiger partial charge is 0.332 e. The fourth-order valence-electron chi connectivity index (χ4n) is 1.76. The first-order chi connectivity index (χ1) is 9.06. The molecule has 0 atom stereocenters. The first-order valence-corrected chi connectivity index (χ1v) is 7.16. The molecule has 0 aliphatic rings. The van der Waals surface area contributed by atoms with E-state index in [0.29, 0.717) is 5.11 Å². The molecular formula is C15H15BrN2S. The SMILES string of the molecule is Cc1ccccc1NC(=S)Nc1ccc(Br)cc1C. The minimum absolute atomic E-state index is 0.597. The van der Waals surface area contributed by atoms with Gasteiger partial charge in [0, 0.05) is 15.8 Å². The highest BCUT2D eigenvalue weighted by Crippen LogP contribution is 2.20. The second kappa shape index (κ2) is 6.17. The predicted octanol–water partition coefficient (Wildman–Crippen LogP) is 4.87. The quantitative estimate of drug-likeness (QED) is 0.765. The van der Waals surface area contributed by atoms with E-state index in [9.17, 15) is 0 Å². The van der Waals surface area contributed by atoms with Crippen molar-refractivity contribution in [3.8, 4) is 0 Å². The summed E-state index contributed by atoms with van der Waals surface area (Å²) in [7, 11) is 0. The topological polar surface area (TPSA) is 24.1 Å². The molecule has 2 rings (SSSR count). The molecule has 0 spiro atoms. The van der Waals surface area contributed by atoms with Gasteiger partial charge in [0.25, 0.3) is 0 Å². The molecule has 0 fully saturated rings. The van der Waals surface area contributed by atoms with Crippen molar-refractivity contribution in [2.24, 2.45) is 0 Å². The van der Waals surface area contributed by atoms with Crippen molar-refractivity contribution >= 4 is 44.6 Å². The third-order valence-corrected chi connectivity index (χ3v) is 3.53. The summed E-state index contributed by atoms with van der Waals surface area (Å²) in [6.45, 7) is 4.10. The van der Waals surface area contributed by atoms with E-state index < -0.39 is 0 Å². The first kappa shape index (κ1) is 14.0. The predicted molar refractivity (Wildman–Crippen MR) is 89.9 cm³/mol. The van der Waals surface area contributed by atoms with Crippen LogP contribution in [0.25, 0.3) is 0 Å². The van der Waals surface area contributed by atoms with Gasteiger partial charge in [-0.15, -0.1) is 0 Å². The Bertz CT molecular complexity index is 611. The molecule has 0 bridgehead atoms. The van der Waals surface area contributed by atoms with Crippen molar-refractivity contribution in [3.05, 3.63) is 58.1 Å². The highest BCUT2D eigenvalue weighted by molar-refractivity contribution is 9.10. The molecule has 2 aromatic carbocycles. The number of benzene rings is 2. The van der Waals surface area contributed by atoms with E-state index in [1.54, 1.807) is 0 Å². The lowest BCUT2D eigenvalue weighted by atomic mass is 10.2. The van der Waals surface area contributed by atoms with E-state index in [4.69, 9.17) is 12.2 Å². The number of halogens is 1. The molecule has 19 heavy (non-hydrogen) atoms. The molecular weight excluding hydrogens is 320 g/mol. The first-order valence-electron chi connectivity index (χ1n) is 5.96. The Morgan fingerprint density at radius 1 is 0.947 bits per heavy atom. The van der Waals surface area contributed by atoms with Gasteiger partial charge in [-0.05, 0) is 61.5 Å². The number of hydrogen-bond acceptors (Lipinski definition) is 1. The third-order valence-electron chi connectivity index (χ3n) is 2.83. The van der Waals surface area contributed by atoms with Gasteiger partial charge < -0.3 is 10.6 Å². The van der Waals surface area contributed by atoms with Gasteiger partial charge in [-0.1, -0.05) is 34.1 Å². The average Bonchev–Trinajstić information content (AvgIpc) is 2.36. The maximum Gasteiger partial charge on any atom is 0.175 e. The van der Waals surface area contributed by atoms with Crippen molar-refractivity contribution < 1.29 is 0 Å². The van der Waals surface area contributed by atoms with Crippen molar-refractivity contribution in [2.75, 3.05) is 10.6 Å². The number of rotatable bonds is 2. The molecule has 0 aliphatic heterocycles. The molecule has 0 heterocycles. The molecule has 4 heteroatoms. The Balaban J connectivity index is 2.08. The molecule has 98 valence electrons. The Hall–Kier alpha value is -1.39. The van der Waals surface area contributed by atoms with Crippen LogP contribution in [0.2, 0.25) is 0 Å². The van der Waals surface area contributed by atoms with E-state index in [1.165, 1.54) is 5.56 Å². The molecule has 0 saturated heterocycles. The van der Waals surface area contributed by atoms with Gasteiger partial charge in [0.15, 0.2) is 5.11 Å². The van der Waals surface area contributed by atoms with Crippen LogP contribution in [0, 0.1) is 13.8 Å². The summed E-state index contributed by atoms with van der Waals surface area (Å²) < 4.78 is 1.06. The van der Waals surface area contributed by atoms with Gasteiger partial charge in [-0.25, -0.2) is 0 Å². The summed E-state index contributed by atoms with van der Waals surface area (Å²) in [6, 6.07) is 14.1. The average molecular weight is 335 g/mol. The summed E-state index contributed by atoms with van der Waals surface area (Å²) in [6.07, 6.45) is 0. The van der Waals surface area contributed by atoms with Gasteiger partial charge in [-0.3, -0.25) is 0 Å². The van der Waals surface area contributed by atoms with Crippen LogP contribution < -0.4 is 10.6 Å². The van der Waals surface area contributed by atoms with Crippen molar-refractivity contribution in [2.45, 2.75) is 13.8 Å². The van der Waals surface area contributed by atoms with E-state index in [1.807, 2.05) is 37.3 Å². The van der Waals surface area contributed by atoms with Crippen LogP contribution in [0.5, 0.6) is 0 Å². The number of aryl methyl sites for hydroxylation is 2. The van der Waals surface area contributed by atoms with Gasteiger partial charge in [0.05, 0.1) is 0 Å². The summed E-state index contributed by atoms with van der Waals surface area (Å²) in [5.41, 5.74) is 4.34. The summed E-state index contributed by atoms with van der Waals surface area (Å²) in [5.74, 6) is 0. The fraction of sp³-hybridized carbons (Fsp3) is 0.133. The van der Waals surface area contributed by atoms with Crippen LogP contribution in [-0.4, -0.2) is 5.11 Å². The standard InChI is InChI=1S/C15H15BrN2S/c1-10-5-3-4-6-13(10)17-15(19)18-14-8-7-12(16)9-11(14)2/h3-9H,1-2H3,(H2,17,18,19). The molecule has 0 amide bonds. The van der Waals surface area contributed by atoms with Gasteiger partial charge >= 0.3 is 0 Å². The van der Waals surface area contributed by atoms with Crippen LogP contribution in [0.15, 0.2) is 46.9 Å². The molecule has 2 nitrogen and oxygen atoms in total. The van der Waals surface area contributed by atoms with E-state index in [-0.39, 0.29) is 0 Å². The molecule has 2 aromatic rings. The van der Waals surface area contributed by atoms with E-state index in [0.717, 1.165) is 21.4 Å². The minimum atomic E-state index is 0.597. The zero-order valence-corrected chi connectivity index (χ0v) is 13.2. The van der Waals surface area contributed by atoms with Gasteiger partial charge in [0.1, 0.15) is 0 Å². The highest BCUT2D eigenvalue weighted by Gasteiger charge is 2.03. The highest BCUT2D eigenvalue weighted by atomic mass is 79.9. The van der Waals surface area contributed by atoms with E-state index in [2.05, 4.69) is 45.6 Å².